The topological polar surface area (TPSA) is 64.3 Å². The minimum Gasteiger partial charge on any atom is -0.494 e. The van der Waals surface area contributed by atoms with E-state index in [2.05, 4.69) is 12.2 Å². The summed E-state index contributed by atoms with van der Waals surface area (Å²) in [4.78, 5) is 11.8. The Morgan fingerprint density at radius 1 is 1.53 bits per heavy atom. The number of carbonyl (C=O) groups excluding carboxylic acids is 1. The van der Waals surface area contributed by atoms with E-state index < -0.39 is 5.82 Å². The molecule has 1 amide bonds. The summed E-state index contributed by atoms with van der Waals surface area (Å²) in [5.41, 5.74) is 5.80. The van der Waals surface area contributed by atoms with Crippen LogP contribution in [0, 0.1) is 11.7 Å². The van der Waals surface area contributed by atoms with Crippen LogP contribution >= 0.6 is 0 Å². The molecule has 0 bridgehead atoms. The number of nitrogens with one attached hydrogen (secondary N) is 1. The number of rotatable bonds is 7. The Balaban J connectivity index is 2.43. The predicted molar refractivity (Wildman–Crippen MR) is 72.7 cm³/mol. The molecule has 1 aromatic rings. The molecule has 0 aliphatic heterocycles. The number of carbonyl (C=O) groups is 1. The van der Waals surface area contributed by atoms with Crippen molar-refractivity contribution in [1.29, 1.82) is 0 Å². The summed E-state index contributed by atoms with van der Waals surface area (Å²) in [5.74, 6) is -0.225. The maximum atomic E-state index is 13.4. The van der Waals surface area contributed by atoms with Crippen LogP contribution in [0.15, 0.2) is 18.2 Å². The van der Waals surface area contributed by atoms with Gasteiger partial charge in [0.25, 0.3) is 5.91 Å². The Morgan fingerprint density at radius 2 is 2.26 bits per heavy atom. The average Bonchev–Trinajstić information content (AvgIpc) is 2.42. The van der Waals surface area contributed by atoms with Crippen molar-refractivity contribution in [3.63, 3.8) is 0 Å². The Bertz CT molecular complexity index is 424. The Labute approximate surface area is 113 Å². The first-order chi connectivity index (χ1) is 9.08. The fraction of sp³-hybridized carbons (Fsp3) is 0.500. The molecule has 0 radical (unpaired) electrons. The van der Waals surface area contributed by atoms with Crippen LogP contribution in [0.5, 0.6) is 5.75 Å². The molecule has 1 aromatic carbocycles. The van der Waals surface area contributed by atoms with Crippen molar-refractivity contribution in [2.45, 2.75) is 19.8 Å². The van der Waals surface area contributed by atoms with Crippen LogP contribution in [0.25, 0.3) is 0 Å². The van der Waals surface area contributed by atoms with E-state index in [4.69, 9.17) is 10.5 Å². The van der Waals surface area contributed by atoms with Crippen molar-refractivity contribution in [3.05, 3.63) is 29.6 Å². The van der Waals surface area contributed by atoms with Crippen LogP contribution in [-0.2, 0) is 0 Å². The largest absolute Gasteiger partial charge is 0.494 e. The first-order valence-corrected chi connectivity index (χ1v) is 6.40. The number of ether oxygens (including phenoxy) is 1. The van der Waals surface area contributed by atoms with E-state index in [0.717, 1.165) is 12.8 Å². The van der Waals surface area contributed by atoms with Crippen molar-refractivity contribution < 1.29 is 13.9 Å². The molecule has 0 aromatic heterocycles. The SMILES string of the molecule is COc1ccc(C(=O)NCCCC(C)CN)cc1F. The molecule has 1 unspecified atom stereocenters. The number of amides is 1. The van der Waals surface area contributed by atoms with Crippen molar-refractivity contribution in [3.8, 4) is 5.75 Å². The number of hydrogen-bond acceptors (Lipinski definition) is 3. The highest BCUT2D eigenvalue weighted by molar-refractivity contribution is 5.94. The molecule has 1 rings (SSSR count). The highest BCUT2D eigenvalue weighted by atomic mass is 19.1. The van der Waals surface area contributed by atoms with Crippen LogP contribution in [0.2, 0.25) is 0 Å². The van der Waals surface area contributed by atoms with Crippen LogP contribution in [0.1, 0.15) is 30.1 Å². The molecule has 3 N–H and O–H groups in total. The summed E-state index contributed by atoms with van der Waals surface area (Å²) < 4.78 is 18.2. The van der Waals surface area contributed by atoms with Gasteiger partial charge in [0.2, 0.25) is 0 Å². The van der Waals surface area contributed by atoms with Gasteiger partial charge in [-0.15, -0.1) is 0 Å². The zero-order chi connectivity index (χ0) is 14.3. The molecule has 4 nitrogen and oxygen atoms in total. The second-order valence-electron chi connectivity index (χ2n) is 4.59. The molecule has 0 saturated carbocycles. The van der Waals surface area contributed by atoms with E-state index in [1.807, 2.05) is 0 Å². The van der Waals surface area contributed by atoms with Gasteiger partial charge in [-0.1, -0.05) is 6.92 Å². The number of halogens is 1. The highest BCUT2D eigenvalue weighted by Gasteiger charge is 2.09. The van der Waals surface area contributed by atoms with Gasteiger partial charge >= 0.3 is 0 Å². The third kappa shape index (κ3) is 4.87. The highest BCUT2D eigenvalue weighted by Crippen LogP contribution is 2.17. The average molecular weight is 268 g/mol. The van der Waals surface area contributed by atoms with E-state index in [9.17, 15) is 9.18 Å². The van der Waals surface area contributed by atoms with Gasteiger partial charge in [0.05, 0.1) is 7.11 Å². The normalized spacial score (nSPS) is 12.0. The first kappa shape index (κ1) is 15.4. The van der Waals surface area contributed by atoms with Crippen molar-refractivity contribution in [2.75, 3.05) is 20.2 Å². The zero-order valence-corrected chi connectivity index (χ0v) is 11.4. The maximum absolute atomic E-state index is 13.4. The van der Waals surface area contributed by atoms with E-state index in [1.165, 1.54) is 19.2 Å². The second-order valence-corrected chi connectivity index (χ2v) is 4.59. The van der Waals surface area contributed by atoms with Gasteiger partial charge in [0.1, 0.15) is 0 Å². The molecule has 5 heteroatoms. The van der Waals surface area contributed by atoms with Gasteiger partial charge < -0.3 is 15.8 Å². The van der Waals surface area contributed by atoms with Gasteiger partial charge in [0.15, 0.2) is 11.6 Å². The lowest BCUT2D eigenvalue weighted by molar-refractivity contribution is 0.0952. The molecular weight excluding hydrogens is 247 g/mol. The van der Waals surface area contributed by atoms with Crippen LogP contribution in [0.3, 0.4) is 0 Å². The summed E-state index contributed by atoms with van der Waals surface area (Å²) >= 11 is 0. The minimum absolute atomic E-state index is 0.133. The molecule has 0 saturated heterocycles. The Morgan fingerprint density at radius 3 is 2.84 bits per heavy atom. The summed E-state index contributed by atoms with van der Waals surface area (Å²) in [7, 11) is 1.39. The summed E-state index contributed by atoms with van der Waals surface area (Å²) in [6, 6.07) is 4.16. The molecule has 1 atom stereocenters. The Hall–Kier alpha value is -1.62. The van der Waals surface area contributed by atoms with E-state index >= 15 is 0 Å². The number of methoxy groups -OCH3 is 1. The second kappa shape index (κ2) is 7.74. The zero-order valence-electron chi connectivity index (χ0n) is 11.4. The lowest BCUT2D eigenvalue weighted by Gasteiger charge is -2.09. The van der Waals surface area contributed by atoms with Gasteiger partial charge in [-0.25, -0.2) is 4.39 Å². The molecule has 0 heterocycles. The molecular formula is C14H21FN2O2. The monoisotopic (exact) mass is 268 g/mol. The minimum atomic E-state index is -0.535. The van der Waals surface area contributed by atoms with E-state index in [1.54, 1.807) is 6.07 Å². The lowest BCUT2D eigenvalue weighted by Crippen LogP contribution is -2.25. The maximum Gasteiger partial charge on any atom is 0.251 e. The standard InChI is InChI=1S/C14H21FN2O2/c1-10(9-16)4-3-7-17-14(18)11-5-6-13(19-2)12(15)8-11/h5-6,8,10H,3-4,7,9,16H2,1-2H3,(H,17,18). The number of hydrogen-bond donors (Lipinski definition) is 2. The van der Waals surface area contributed by atoms with Crippen molar-refractivity contribution in [2.24, 2.45) is 11.7 Å². The van der Waals surface area contributed by atoms with Crippen molar-refractivity contribution >= 4 is 5.91 Å². The van der Waals surface area contributed by atoms with E-state index in [-0.39, 0.29) is 11.7 Å². The molecule has 0 aliphatic carbocycles. The van der Waals surface area contributed by atoms with Gasteiger partial charge in [-0.2, -0.15) is 0 Å². The molecule has 0 aliphatic rings. The molecule has 0 fully saturated rings. The summed E-state index contributed by atoms with van der Waals surface area (Å²) in [5, 5.41) is 2.76. The third-order valence-electron chi connectivity index (χ3n) is 2.98. The van der Waals surface area contributed by atoms with Gasteiger partial charge in [0, 0.05) is 12.1 Å². The smallest absolute Gasteiger partial charge is 0.251 e. The summed E-state index contributed by atoms with van der Waals surface area (Å²) in [6.07, 6.45) is 1.83. The van der Waals surface area contributed by atoms with Gasteiger partial charge in [-0.3, -0.25) is 4.79 Å². The van der Waals surface area contributed by atoms with E-state index in [0.29, 0.717) is 24.6 Å². The predicted octanol–water partition coefficient (Wildman–Crippen LogP) is 1.94. The number of benzene rings is 1. The fourth-order valence-electron chi connectivity index (χ4n) is 1.68. The first-order valence-electron chi connectivity index (χ1n) is 6.40. The third-order valence-corrected chi connectivity index (χ3v) is 2.98. The fourth-order valence-corrected chi connectivity index (χ4v) is 1.68. The molecule has 106 valence electrons. The number of nitrogens with two attached hydrogens (primary N) is 1. The molecule has 0 spiro atoms. The van der Waals surface area contributed by atoms with Crippen LogP contribution < -0.4 is 15.8 Å². The van der Waals surface area contributed by atoms with Crippen LogP contribution in [-0.4, -0.2) is 26.1 Å². The van der Waals surface area contributed by atoms with Gasteiger partial charge in [-0.05, 0) is 43.5 Å². The quantitative estimate of drug-likeness (QED) is 0.743. The van der Waals surface area contributed by atoms with Crippen molar-refractivity contribution in [1.82, 2.24) is 5.32 Å². The lowest BCUT2D eigenvalue weighted by atomic mass is 10.1. The molecule has 19 heavy (non-hydrogen) atoms. The van der Waals surface area contributed by atoms with Crippen LogP contribution in [0.4, 0.5) is 4.39 Å². The Kier molecular flexibility index (Phi) is 6.29. The summed E-state index contributed by atoms with van der Waals surface area (Å²) in [6.45, 7) is 3.29.